The van der Waals surface area contributed by atoms with Crippen LogP contribution in [0.25, 0.3) is 43.8 Å². The van der Waals surface area contributed by atoms with Crippen molar-refractivity contribution in [2.75, 3.05) is 19.0 Å². The summed E-state index contributed by atoms with van der Waals surface area (Å²) in [5, 5.41) is 15.3. The molecule has 57 heavy (non-hydrogen) atoms. The normalized spacial score (nSPS) is 12.5. The highest BCUT2D eigenvalue weighted by atomic mass is 16.5. The van der Waals surface area contributed by atoms with Crippen LogP contribution >= 0.6 is 0 Å². The Labute approximate surface area is 331 Å². The molecule has 6 aromatic rings. The molecular formula is C44H49N7O6. The van der Waals surface area contributed by atoms with Gasteiger partial charge in [-0.05, 0) is 71.5 Å². The van der Waals surface area contributed by atoms with Gasteiger partial charge in [-0.15, -0.1) is 0 Å². The number of urea groups is 1. The van der Waals surface area contributed by atoms with Gasteiger partial charge in [0, 0.05) is 40.8 Å². The SMILES string of the molecule is COc1ccc2c(c1)c1ccnc(-c3cccc4ccccc34)c1n2C(=O)OCc1ccc(NC(=O)C(CCCNC(N)=O)NC(=O)[C@@H](NC(C)C)C(C)C)cc1. The Morgan fingerprint density at radius 3 is 2.32 bits per heavy atom. The lowest BCUT2D eigenvalue weighted by atomic mass is 10.0. The molecule has 4 amide bonds. The second-order valence-corrected chi connectivity index (χ2v) is 14.6. The summed E-state index contributed by atoms with van der Waals surface area (Å²) in [4.78, 5) is 57.0. The Morgan fingerprint density at radius 1 is 0.842 bits per heavy atom. The highest BCUT2D eigenvalue weighted by Gasteiger charge is 2.28. The zero-order valence-corrected chi connectivity index (χ0v) is 32.8. The van der Waals surface area contributed by atoms with Crippen molar-refractivity contribution in [1.29, 1.82) is 0 Å². The van der Waals surface area contributed by atoms with Crippen molar-refractivity contribution in [2.24, 2.45) is 11.7 Å². The molecule has 296 valence electrons. The summed E-state index contributed by atoms with van der Waals surface area (Å²) >= 11 is 0. The number of amides is 4. The highest BCUT2D eigenvalue weighted by Crippen LogP contribution is 2.38. The molecule has 6 N–H and O–H groups in total. The summed E-state index contributed by atoms with van der Waals surface area (Å²) in [5.41, 5.74) is 9.18. The summed E-state index contributed by atoms with van der Waals surface area (Å²) in [6.45, 7) is 7.99. The van der Waals surface area contributed by atoms with E-state index in [9.17, 15) is 19.2 Å². The number of nitrogens with zero attached hydrogens (tertiary/aromatic N) is 2. The molecule has 0 saturated carbocycles. The number of carbonyl (C=O) groups is 4. The van der Waals surface area contributed by atoms with Crippen LogP contribution in [0.1, 0.15) is 46.1 Å². The van der Waals surface area contributed by atoms with Gasteiger partial charge < -0.3 is 36.5 Å². The number of rotatable bonds is 15. The first-order chi connectivity index (χ1) is 27.4. The van der Waals surface area contributed by atoms with E-state index in [1.54, 1.807) is 42.1 Å². The molecule has 0 aliphatic carbocycles. The van der Waals surface area contributed by atoms with E-state index in [0.717, 1.165) is 27.1 Å². The number of carbonyl (C=O) groups excluding carboxylic acids is 4. The molecule has 2 heterocycles. The van der Waals surface area contributed by atoms with Crippen molar-refractivity contribution in [3.05, 3.63) is 103 Å². The van der Waals surface area contributed by atoms with Gasteiger partial charge in [0.25, 0.3) is 0 Å². The van der Waals surface area contributed by atoms with Crippen LogP contribution in [0.2, 0.25) is 0 Å². The number of nitrogens with two attached hydrogens (primary N) is 1. The molecule has 0 radical (unpaired) electrons. The maximum absolute atomic E-state index is 14.1. The van der Waals surface area contributed by atoms with Crippen LogP contribution in [0, 0.1) is 5.92 Å². The predicted molar refractivity (Wildman–Crippen MR) is 223 cm³/mol. The minimum absolute atomic E-state index is 0.0179. The van der Waals surface area contributed by atoms with Gasteiger partial charge in [0.15, 0.2) is 0 Å². The molecule has 4 aromatic carbocycles. The highest BCUT2D eigenvalue weighted by molar-refractivity contribution is 6.17. The molecule has 2 aromatic heterocycles. The Morgan fingerprint density at radius 2 is 1.60 bits per heavy atom. The molecule has 6 rings (SSSR count). The van der Waals surface area contributed by atoms with Crippen molar-refractivity contribution >= 4 is 62.2 Å². The smallest absolute Gasteiger partial charge is 0.419 e. The Kier molecular flexibility index (Phi) is 12.7. The Bertz CT molecular complexity index is 2400. The molecule has 0 spiro atoms. The third kappa shape index (κ3) is 9.33. The number of primary amides is 1. The zero-order valence-electron chi connectivity index (χ0n) is 32.8. The van der Waals surface area contributed by atoms with E-state index in [0.29, 0.717) is 40.1 Å². The van der Waals surface area contributed by atoms with E-state index in [4.69, 9.17) is 20.2 Å². The molecule has 13 nitrogen and oxygen atoms in total. The van der Waals surface area contributed by atoms with Crippen LogP contribution in [-0.4, -0.2) is 65.3 Å². The number of nitrogens with one attached hydrogen (secondary N) is 4. The second kappa shape index (κ2) is 18.0. The van der Waals surface area contributed by atoms with Gasteiger partial charge >= 0.3 is 12.1 Å². The largest absolute Gasteiger partial charge is 0.497 e. The topological polar surface area (TPSA) is 179 Å². The number of hydrogen-bond acceptors (Lipinski definition) is 8. The van der Waals surface area contributed by atoms with Crippen LogP contribution < -0.4 is 31.7 Å². The van der Waals surface area contributed by atoms with Gasteiger partial charge in [0.2, 0.25) is 11.8 Å². The molecule has 1 unspecified atom stereocenters. The number of pyridine rings is 1. The molecule has 0 saturated heterocycles. The van der Waals surface area contributed by atoms with E-state index >= 15 is 0 Å². The molecule has 0 aliphatic rings. The maximum atomic E-state index is 14.1. The number of aromatic nitrogens is 2. The van der Waals surface area contributed by atoms with Gasteiger partial charge in [-0.2, -0.15) is 0 Å². The fraction of sp³-hybridized carbons (Fsp3) is 0.295. The lowest BCUT2D eigenvalue weighted by molar-refractivity contribution is -0.129. The molecule has 0 aliphatic heterocycles. The second-order valence-electron chi connectivity index (χ2n) is 14.6. The number of hydrogen-bond donors (Lipinski definition) is 5. The first-order valence-corrected chi connectivity index (χ1v) is 19.1. The zero-order chi connectivity index (χ0) is 40.6. The monoisotopic (exact) mass is 771 g/mol. The van der Waals surface area contributed by atoms with Crippen LogP contribution in [0.3, 0.4) is 0 Å². The van der Waals surface area contributed by atoms with E-state index in [2.05, 4.69) is 21.3 Å². The number of ether oxygens (including phenoxy) is 2. The van der Waals surface area contributed by atoms with Crippen molar-refractivity contribution < 1.29 is 28.7 Å². The third-order valence-electron chi connectivity index (χ3n) is 9.76. The molecule has 13 heteroatoms. The third-order valence-corrected chi connectivity index (χ3v) is 9.76. The minimum atomic E-state index is -0.873. The Hall–Kier alpha value is -6.47. The standard InChI is InChI=1S/C44H49N7O6/c1-26(2)38(48-27(3)4)42(53)50-36(14-9-22-47-43(45)54)41(52)49-30-17-15-28(16-18-30)25-57-44(55)51-37-20-19-31(56-5)24-35(37)34-21-23-46-39(40(34)51)33-13-8-11-29-10-6-7-12-32(29)33/h6-8,10-13,15-21,23-24,26-27,36,38,48H,9,14,22,25H2,1-5H3,(H,49,52)(H,50,53)(H3,45,47,54)/t36?,38-/m0/s1. The van der Waals surface area contributed by atoms with Crippen LogP contribution in [0.15, 0.2) is 97.2 Å². The number of methoxy groups -OCH3 is 1. The molecule has 2 atom stereocenters. The van der Waals surface area contributed by atoms with Gasteiger partial charge in [-0.3, -0.25) is 14.6 Å². The predicted octanol–water partition coefficient (Wildman–Crippen LogP) is 7.10. The van der Waals surface area contributed by atoms with E-state index in [1.165, 1.54) is 0 Å². The first-order valence-electron chi connectivity index (χ1n) is 19.1. The van der Waals surface area contributed by atoms with Gasteiger partial charge in [-0.25, -0.2) is 14.2 Å². The summed E-state index contributed by atoms with van der Waals surface area (Å²) in [5.74, 6) is -0.0634. The van der Waals surface area contributed by atoms with Crippen LogP contribution in [0.4, 0.5) is 15.3 Å². The van der Waals surface area contributed by atoms with Crippen molar-refractivity contribution in [3.63, 3.8) is 0 Å². The summed E-state index contributed by atoms with van der Waals surface area (Å²) in [6.07, 6.45) is 1.85. The average molecular weight is 772 g/mol. The lowest BCUT2D eigenvalue weighted by Gasteiger charge is -2.27. The summed E-state index contributed by atoms with van der Waals surface area (Å²) in [7, 11) is 1.60. The molecule has 0 bridgehead atoms. The van der Waals surface area contributed by atoms with Gasteiger partial charge in [-0.1, -0.05) is 82.3 Å². The van der Waals surface area contributed by atoms with Gasteiger partial charge in [0.05, 0.1) is 29.9 Å². The fourth-order valence-electron chi connectivity index (χ4n) is 6.99. The van der Waals surface area contributed by atoms with Crippen LogP contribution in [-0.2, 0) is 20.9 Å². The lowest BCUT2D eigenvalue weighted by Crippen LogP contribution is -2.54. The van der Waals surface area contributed by atoms with Crippen molar-refractivity contribution in [3.8, 4) is 17.0 Å². The molecule has 0 fully saturated rings. The van der Waals surface area contributed by atoms with Crippen molar-refractivity contribution in [1.82, 2.24) is 25.5 Å². The number of anilines is 1. The van der Waals surface area contributed by atoms with E-state index in [1.807, 2.05) is 94.4 Å². The maximum Gasteiger partial charge on any atom is 0.419 e. The average Bonchev–Trinajstić information content (AvgIpc) is 3.54. The van der Waals surface area contributed by atoms with Crippen molar-refractivity contribution in [2.45, 2.75) is 65.3 Å². The minimum Gasteiger partial charge on any atom is -0.497 e. The van der Waals surface area contributed by atoms with Crippen LogP contribution in [0.5, 0.6) is 5.75 Å². The van der Waals surface area contributed by atoms with E-state index < -0.39 is 30.1 Å². The quantitative estimate of drug-likeness (QED) is 0.0687. The van der Waals surface area contributed by atoms with E-state index in [-0.39, 0.29) is 37.4 Å². The number of fused-ring (bicyclic) bond motifs is 4. The number of benzene rings is 4. The summed E-state index contributed by atoms with van der Waals surface area (Å²) < 4.78 is 13.1. The fourth-order valence-corrected chi connectivity index (χ4v) is 6.99. The first kappa shape index (κ1) is 40.2. The Balaban J connectivity index is 1.21. The summed E-state index contributed by atoms with van der Waals surface area (Å²) in [6, 6.07) is 26.5. The molecular weight excluding hydrogens is 723 g/mol. The van der Waals surface area contributed by atoms with Gasteiger partial charge in [0.1, 0.15) is 18.4 Å².